The summed E-state index contributed by atoms with van der Waals surface area (Å²) in [5.41, 5.74) is 3.00. The number of hydrogen-bond acceptors (Lipinski definition) is 1. The zero-order valence-electron chi connectivity index (χ0n) is 10.0. The summed E-state index contributed by atoms with van der Waals surface area (Å²) in [7, 11) is 0. The molecule has 1 aliphatic carbocycles. The maximum Gasteiger partial charge on any atom is 0.389 e. The molecule has 0 radical (unpaired) electrons. The number of benzene rings is 1. The first-order valence-electron chi connectivity index (χ1n) is 6.17. The summed E-state index contributed by atoms with van der Waals surface area (Å²) in [4.78, 5) is 11.8. The lowest BCUT2D eigenvalue weighted by Crippen LogP contribution is -2.08. The third-order valence-corrected chi connectivity index (χ3v) is 3.28. The van der Waals surface area contributed by atoms with E-state index in [2.05, 4.69) is 0 Å². The van der Waals surface area contributed by atoms with Crippen LogP contribution in [0.3, 0.4) is 0 Å². The van der Waals surface area contributed by atoms with E-state index in [0.29, 0.717) is 5.56 Å². The predicted octanol–water partition coefficient (Wildman–Crippen LogP) is 4.09. The van der Waals surface area contributed by atoms with Crippen LogP contribution < -0.4 is 0 Å². The van der Waals surface area contributed by atoms with Crippen molar-refractivity contribution in [3.8, 4) is 0 Å². The second-order valence-electron chi connectivity index (χ2n) is 4.73. The minimum absolute atomic E-state index is 0.0295. The smallest absolute Gasteiger partial charge is 0.294 e. The molecular weight excluding hydrogens is 241 g/mol. The molecule has 2 rings (SSSR count). The lowest BCUT2D eigenvalue weighted by Gasteiger charge is -2.06. The maximum atomic E-state index is 12.0. The number of rotatable bonds is 4. The normalized spacial score (nSPS) is 14.6. The van der Waals surface area contributed by atoms with E-state index in [4.69, 9.17) is 0 Å². The van der Waals surface area contributed by atoms with Gasteiger partial charge in [-0.15, -0.1) is 0 Å². The van der Waals surface area contributed by atoms with Crippen LogP contribution in [-0.4, -0.2) is 12.0 Å². The second-order valence-corrected chi connectivity index (χ2v) is 4.73. The summed E-state index contributed by atoms with van der Waals surface area (Å²) in [6, 6.07) is 5.51. The fourth-order valence-electron chi connectivity index (χ4n) is 2.34. The summed E-state index contributed by atoms with van der Waals surface area (Å²) in [5, 5.41) is 0. The van der Waals surface area contributed by atoms with Crippen LogP contribution in [0.5, 0.6) is 0 Å². The van der Waals surface area contributed by atoms with Gasteiger partial charge in [0.15, 0.2) is 5.78 Å². The Morgan fingerprint density at radius 1 is 1.17 bits per heavy atom. The molecule has 0 N–H and O–H groups in total. The van der Waals surface area contributed by atoms with E-state index in [1.165, 1.54) is 11.1 Å². The predicted molar refractivity (Wildman–Crippen MR) is 62.7 cm³/mol. The molecule has 0 saturated heterocycles. The molecule has 0 saturated carbocycles. The van der Waals surface area contributed by atoms with E-state index < -0.39 is 12.6 Å². The topological polar surface area (TPSA) is 17.1 Å². The molecule has 0 unspecified atom stereocenters. The van der Waals surface area contributed by atoms with Gasteiger partial charge < -0.3 is 0 Å². The van der Waals surface area contributed by atoms with Crippen molar-refractivity contribution in [2.24, 2.45) is 0 Å². The van der Waals surface area contributed by atoms with Crippen LogP contribution in [0, 0.1) is 0 Å². The Morgan fingerprint density at radius 3 is 2.61 bits per heavy atom. The zero-order valence-corrected chi connectivity index (χ0v) is 10.0. The van der Waals surface area contributed by atoms with Crippen molar-refractivity contribution >= 4 is 5.78 Å². The van der Waals surface area contributed by atoms with Gasteiger partial charge in [0.25, 0.3) is 0 Å². The van der Waals surface area contributed by atoms with E-state index in [1.807, 2.05) is 12.1 Å². The first-order chi connectivity index (χ1) is 8.46. The number of fused-ring (bicyclic) bond motifs is 1. The summed E-state index contributed by atoms with van der Waals surface area (Å²) >= 11 is 0. The number of carbonyl (C=O) groups is 1. The highest BCUT2D eigenvalue weighted by Crippen LogP contribution is 2.25. The highest BCUT2D eigenvalue weighted by molar-refractivity contribution is 5.96. The summed E-state index contributed by atoms with van der Waals surface area (Å²) in [5.74, 6) is -0.186. The minimum Gasteiger partial charge on any atom is -0.294 e. The summed E-state index contributed by atoms with van der Waals surface area (Å²) in [6.07, 6.45) is -2.10. The number of hydrogen-bond donors (Lipinski definition) is 0. The first-order valence-corrected chi connectivity index (χ1v) is 6.17. The average Bonchev–Trinajstić information content (AvgIpc) is 2.73. The van der Waals surface area contributed by atoms with Gasteiger partial charge in [0, 0.05) is 18.4 Å². The Balaban J connectivity index is 1.93. The molecule has 0 spiro atoms. The van der Waals surface area contributed by atoms with Crippen LogP contribution in [0.1, 0.15) is 47.2 Å². The summed E-state index contributed by atoms with van der Waals surface area (Å²) in [6.45, 7) is 0. The third-order valence-electron chi connectivity index (χ3n) is 3.28. The van der Waals surface area contributed by atoms with Crippen molar-refractivity contribution in [2.75, 3.05) is 0 Å². The largest absolute Gasteiger partial charge is 0.389 e. The highest BCUT2D eigenvalue weighted by atomic mass is 19.4. The van der Waals surface area contributed by atoms with E-state index >= 15 is 0 Å². The number of halogens is 3. The third kappa shape index (κ3) is 3.34. The molecule has 0 fully saturated rings. The standard InChI is InChI=1S/C14H15F3O/c15-14(16,17)8-2-5-13(18)12-7-6-10-3-1-4-11(10)9-12/h6-7,9H,1-5,8H2. The van der Waals surface area contributed by atoms with Crippen LogP contribution in [0.2, 0.25) is 0 Å². The van der Waals surface area contributed by atoms with Gasteiger partial charge in [-0.1, -0.05) is 12.1 Å². The van der Waals surface area contributed by atoms with Gasteiger partial charge in [0.1, 0.15) is 0 Å². The first kappa shape index (κ1) is 13.1. The molecule has 0 aromatic heterocycles. The molecule has 0 bridgehead atoms. The maximum absolute atomic E-state index is 12.0. The van der Waals surface area contributed by atoms with E-state index in [1.54, 1.807) is 6.07 Å². The molecular formula is C14H15F3O. The van der Waals surface area contributed by atoms with Crippen molar-refractivity contribution in [3.63, 3.8) is 0 Å². The SMILES string of the molecule is O=C(CCCC(F)(F)F)c1ccc2c(c1)CCC2. The zero-order chi connectivity index (χ0) is 13.2. The van der Waals surface area contributed by atoms with Crippen LogP contribution in [0.25, 0.3) is 0 Å². The van der Waals surface area contributed by atoms with Crippen molar-refractivity contribution in [1.29, 1.82) is 0 Å². The number of carbonyl (C=O) groups excluding carboxylic acids is 1. The molecule has 4 heteroatoms. The Morgan fingerprint density at radius 2 is 1.89 bits per heavy atom. The molecule has 1 aliphatic rings. The van der Waals surface area contributed by atoms with Gasteiger partial charge >= 0.3 is 6.18 Å². The van der Waals surface area contributed by atoms with Gasteiger partial charge in [-0.3, -0.25) is 4.79 Å². The Labute approximate surface area is 104 Å². The number of aryl methyl sites for hydroxylation is 2. The number of alkyl halides is 3. The monoisotopic (exact) mass is 256 g/mol. The van der Waals surface area contributed by atoms with Gasteiger partial charge in [0.05, 0.1) is 0 Å². The van der Waals surface area contributed by atoms with Gasteiger partial charge in [0.2, 0.25) is 0 Å². The van der Waals surface area contributed by atoms with Gasteiger partial charge in [-0.2, -0.15) is 13.2 Å². The number of ketones is 1. The van der Waals surface area contributed by atoms with Crippen molar-refractivity contribution in [2.45, 2.75) is 44.7 Å². The van der Waals surface area contributed by atoms with Gasteiger partial charge in [-0.05, 0) is 42.9 Å². The molecule has 0 amide bonds. The van der Waals surface area contributed by atoms with Crippen LogP contribution in [0.15, 0.2) is 18.2 Å². The molecule has 1 nitrogen and oxygen atoms in total. The highest BCUT2D eigenvalue weighted by Gasteiger charge is 2.26. The van der Waals surface area contributed by atoms with Crippen LogP contribution in [0.4, 0.5) is 13.2 Å². The number of Topliss-reactive ketones (excluding diaryl/α,β-unsaturated/α-hetero) is 1. The molecule has 0 heterocycles. The molecule has 18 heavy (non-hydrogen) atoms. The lowest BCUT2D eigenvalue weighted by atomic mass is 10.0. The quantitative estimate of drug-likeness (QED) is 0.741. The Bertz CT molecular complexity index is 449. The van der Waals surface area contributed by atoms with Crippen molar-refractivity contribution in [1.82, 2.24) is 0 Å². The molecule has 1 aromatic rings. The van der Waals surface area contributed by atoms with Crippen LogP contribution >= 0.6 is 0 Å². The summed E-state index contributed by atoms with van der Waals surface area (Å²) < 4.78 is 35.9. The molecule has 98 valence electrons. The van der Waals surface area contributed by atoms with E-state index in [9.17, 15) is 18.0 Å². The fourth-order valence-corrected chi connectivity index (χ4v) is 2.34. The Hall–Kier alpha value is -1.32. The van der Waals surface area contributed by atoms with Crippen LogP contribution in [-0.2, 0) is 12.8 Å². The molecule has 1 aromatic carbocycles. The van der Waals surface area contributed by atoms with Crippen molar-refractivity contribution in [3.05, 3.63) is 34.9 Å². The second kappa shape index (κ2) is 5.12. The van der Waals surface area contributed by atoms with Crippen molar-refractivity contribution < 1.29 is 18.0 Å². The Kier molecular flexibility index (Phi) is 3.73. The average molecular weight is 256 g/mol. The molecule has 0 aliphatic heterocycles. The van der Waals surface area contributed by atoms with Gasteiger partial charge in [-0.25, -0.2) is 0 Å². The lowest BCUT2D eigenvalue weighted by molar-refractivity contribution is -0.135. The van der Waals surface area contributed by atoms with E-state index in [-0.39, 0.29) is 18.6 Å². The molecule has 0 atom stereocenters. The van der Waals surface area contributed by atoms with E-state index in [0.717, 1.165) is 19.3 Å². The minimum atomic E-state index is -4.17. The fraction of sp³-hybridized carbons (Fsp3) is 0.500.